The van der Waals surface area contributed by atoms with Gasteiger partial charge in [-0.05, 0) is 6.92 Å². The Morgan fingerprint density at radius 3 is 2.70 bits per heavy atom. The van der Waals surface area contributed by atoms with Gasteiger partial charge in [0.15, 0.2) is 5.65 Å². The van der Waals surface area contributed by atoms with E-state index in [1.165, 1.54) is 0 Å². The summed E-state index contributed by atoms with van der Waals surface area (Å²) in [5, 5.41) is 12.1. The molecule has 3 aromatic heterocycles. The molecule has 0 spiro atoms. The molecule has 0 aliphatic carbocycles. The zero-order valence-corrected chi connectivity index (χ0v) is 14.0. The number of piperazine rings is 1. The van der Waals surface area contributed by atoms with Crippen LogP contribution >= 0.6 is 12.4 Å². The summed E-state index contributed by atoms with van der Waals surface area (Å²) in [5.41, 5.74) is 4.07. The van der Waals surface area contributed by atoms with Crippen LogP contribution in [0.15, 0.2) is 31.0 Å². The number of hydrogen-bond donors (Lipinski definition) is 1. The van der Waals surface area contributed by atoms with Gasteiger partial charge in [-0.1, -0.05) is 0 Å². The maximum atomic E-state index is 4.63. The van der Waals surface area contributed by atoms with Crippen LogP contribution in [0.4, 0.5) is 5.69 Å². The highest BCUT2D eigenvalue weighted by molar-refractivity contribution is 5.85. The molecule has 0 bridgehead atoms. The van der Waals surface area contributed by atoms with Gasteiger partial charge in [-0.15, -0.1) is 12.4 Å². The van der Waals surface area contributed by atoms with E-state index in [-0.39, 0.29) is 12.4 Å². The maximum absolute atomic E-state index is 4.63. The molecule has 0 aromatic carbocycles. The minimum atomic E-state index is 0. The SMILES string of the molecule is C[C@H]1CN(c2cnn3cc(-c4cnn(C)c4)cnc23)CCN1.Cl. The Morgan fingerprint density at radius 1 is 1.13 bits per heavy atom. The average Bonchev–Trinajstić information content (AvgIpc) is 3.12. The first kappa shape index (κ1) is 15.8. The minimum Gasteiger partial charge on any atom is -0.364 e. The van der Waals surface area contributed by atoms with E-state index >= 15 is 0 Å². The lowest BCUT2D eigenvalue weighted by atomic mass is 10.2. The van der Waals surface area contributed by atoms with Crippen molar-refractivity contribution in [3.8, 4) is 11.1 Å². The van der Waals surface area contributed by atoms with Gasteiger partial charge in [-0.25, -0.2) is 9.50 Å². The first-order valence-corrected chi connectivity index (χ1v) is 7.51. The van der Waals surface area contributed by atoms with Crippen molar-refractivity contribution in [1.29, 1.82) is 0 Å². The van der Waals surface area contributed by atoms with Crippen molar-refractivity contribution in [3.63, 3.8) is 0 Å². The highest BCUT2D eigenvalue weighted by atomic mass is 35.5. The number of anilines is 1. The summed E-state index contributed by atoms with van der Waals surface area (Å²) in [6.07, 6.45) is 9.63. The van der Waals surface area contributed by atoms with Gasteiger partial charge < -0.3 is 10.2 Å². The van der Waals surface area contributed by atoms with Crippen LogP contribution in [0.2, 0.25) is 0 Å². The molecule has 122 valence electrons. The van der Waals surface area contributed by atoms with Crippen molar-refractivity contribution in [3.05, 3.63) is 31.0 Å². The lowest BCUT2D eigenvalue weighted by Crippen LogP contribution is -2.49. The summed E-state index contributed by atoms with van der Waals surface area (Å²) in [4.78, 5) is 6.98. The van der Waals surface area contributed by atoms with E-state index < -0.39 is 0 Å². The monoisotopic (exact) mass is 333 g/mol. The second kappa shape index (κ2) is 6.17. The predicted octanol–water partition coefficient (Wildman–Crippen LogP) is 1.35. The van der Waals surface area contributed by atoms with Crippen LogP contribution in [-0.2, 0) is 7.05 Å². The Hall–Kier alpha value is -2.12. The highest BCUT2D eigenvalue weighted by Gasteiger charge is 2.20. The first-order chi connectivity index (χ1) is 10.7. The molecule has 1 N–H and O–H groups in total. The quantitative estimate of drug-likeness (QED) is 0.767. The van der Waals surface area contributed by atoms with Crippen LogP contribution in [0.3, 0.4) is 0 Å². The van der Waals surface area contributed by atoms with E-state index in [4.69, 9.17) is 0 Å². The minimum absolute atomic E-state index is 0. The molecule has 1 fully saturated rings. The van der Waals surface area contributed by atoms with E-state index in [1.54, 1.807) is 4.68 Å². The fourth-order valence-corrected chi connectivity index (χ4v) is 2.96. The lowest BCUT2D eigenvalue weighted by Gasteiger charge is -2.32. The van der Waals surface area contributed by atoms with Gasteiger partial charge in [0.2, 0.25) is 0 Å². The molecule has 1 aliphatic heterocycles. The Morgan fingerprint density at radius 2 is 1.96 bits per heavy atom. The number of aromatic nitrogens is 5. The van der Waals surface area contributed by atoms with Gasteiger partial charge >= 0.3 is 0 Å². The van der Waals surface area contributed by atoms with Gasteiger partial charge in [0.05, 0.1) is 12.4 Å². The average molecular weight is 334 g/mol. The number of halogens is 1. The molecule has 0 saturated carbocycles. The zero-order chi connectivity index (χ0) is 15.1. The van der Waals surface area contributed by atoms with Gasteiger partial charge in [-0.2, -0.15) is 10.2 Å². The van der Waals surface area contributed by atoms with Crippen molar-refractivity contribution in [2.75, 3.05) is 24.5 Å². The second-order valence-electron chi connectivity index (χ2n) is 5.84. The molecule has 4 rings (SSSR count). The topological polar surface area (TPSA) is 63.3 Å². The molecule has 1 atom stereocenters. The normalized spacial score (nSPS) is 18.2. The Balaban J connectivity index is 0.00000156. The van der Waals surface area contributed by atoms with Crippen molar-refractivity contribution in [1.82, 2.24) is 29.7 Å². The van der Waals surface area contributed by atoms with Gasteiger partial charge in [0, 0.05) is 62.4 Å². The van der Waals surface area contributed by atoms with E-state index in [0.29, 0.717) is 6.04 Å². The van der Waals surface area contributed by atoms with Crippen LogP contribution in [0.5, 0.6) is 0 Å². The molecule has 8 heteroatoms. The molecule has 3 aromatic rings. The molecule has 4 heterocycles. The van der Waals surface area contributed by atoms with Crippen molar-refractivity contribution < 1.29 is 0 Å². The van der Waals surface area contributed by atoms with Crippen molar-refractivity contribution in [2.45, 2.75) is 13.0 Å². The zero-order valence-electron chi connectivity index (χ0n) is 13.2. The van der Waals surface area contributed by atoms with Crippen molar-refractivity contribution >= 4 is 23.7 Å². The van der Waals surface area contributed by atoms with Crippen LogP contribution in [0.25, 0.3) is 16.8 Å². The molecule has 7 nitrogen and oxygen atoms in total. The third-order valence-electron chi connectivity index (χ3n) is 4.09. The standard InChI is InChI=1S/C15H19N7.ClH/c1-11-8-21(4-3-16-11)14-7-19-22-10-12(5-17-15(14)22)13-6-18-20(2)9-13;/h5-7,9-11,16H,3-4,8H2,1-2H3;1H/t11-;/m0./s1. The predicted molar refractivity (Wildman–Crippen MR) is 92.1 cm³/mol. The molecule has 1 saturated heterocycles. The number of hydrogen-bond acceptors (Lipinski definition) is 5. The summed E-state index contributed by atoms with van der Waals surface area (Å²) in [6.45, 7) is 5.16. The summed E-state index contributed by atoms with van der Waals surface area (Å²) >= 11 is 0. The van der Waals surface area contributed by atoms with Crippen molar-refractivity contribution in [2.24, 2.45) is 7.05 Å². The van der Waals surface area contributed by atoms with Crippen LogP contribution < -0.4 is 10.2 Å². The molecular formula is C15H20ClN7. The summed E-state index contributed by atoms with van der Waals surface area (Å²) < 4.78 is 3.64. The summed E-state index contributed by atoms with van der Waals surface area (Å²) in [5.74, 6) is 0. The summed E-state index contributed by atoms with van der Waals surface area (Å²) in [6, 6.07) is 0.485. The van der Waals surface area contributed by atoms with E-state index in [9.17, 15) is 0 Å². The highest BCUT2D eigenvalue weighted by Crippen LogP contribution is 2.24. The number of nitrogens with one attached hydrogen (secondary N) is 1. The first-order valence-electron chi connectivity index (χ1n) is 7.51. The Labute approximate surface area is 140 Å². The third kappa shape index (κ3) is 2.89. The van der Waals surface area contributed by atoms with Gasteiger partial charge in [0.25, 0.3) is 0 Å². The van der Waals surface area contributed by atoms with E-state index in [2.05, 4.69) is 32.3 Å². The maximum Gasteiger partial charge on any atom is 0.178 e. The number of rotatable bonds is 2. The molecule has 0 unspecified atom stereocenters. The fourth-order valence-electron chi connectivity index (χ4n) is 2.96. The number of nitrogens with zero attached hydrogens (tertiary/aromatic N) is 6. The lowest BCUT2D eigenvalue weighted by molar-refractivity contribution is 0.485. The van der Waals surface area contributed by atoms with E-state index in [1.807, 2.05) is 42.5 Å². The molecule has 23 heavy (non-hydrogen) atoms. The molecule has 0 radical (unpaired) electrons. The van der Waals surface area contributed by atoms with Gasteiger partial charge in [0.1, 0.15) is 5.69 Å². The van der Waals surface area contributed by atoms with Crippen LogP contribution in [0, 0.1) is 0 Å². The van der Waals surface area contributed by atoms with Crippen LogP contribution in [0.1, 0.15) is 6.92 Å². The molecular weight excluding hydrogens is 314 g/mol. The van der Waals surface area contributed by atoms with Crippen LogP contribution in [-0.4, -0.2) is 50.1 Å². The number of fused-ring (bicyclic) bond motifs is 1. The largest absolute Gasteiger partial charge is 0.364 e. The third-order valence-corrected chi connectivity index (χ3v) is 4.09. The smallest absolute Gasteiger partial charge is 0.178 e. The molecule has 1 aliphatic rings. The Bertz CT molecular complexity index is 809. The second-order valence-corrected chi connectivity index (χ2v) is 5.84. The Kier molecular flexibility index (Phi) is 4.23. The number of aryl methyl sites for hydroxylation is 1. The van der Waals surface area contributed by atoms with Gasteiger partial charge in [-0.3, -0.25) is 4.68 Å². The summed E-state index contributed by atoms with van der Waals surface area (Å²) in [7, 11) is 1.91. The van der Waals surface area contributed by atoms with E-state index in [0.717, 1.165) is 42.1 Å². The fraction of sp³-hybridized carbons (Fsp3) is 0.400. The molecule has 0 amide bonds.